The summed E-state index contributed by atoms with van der Waals surface area (Å²) < 4.78 is 27.7. The summed E-state index contributed by atoms with van der Waals surface area (Å²) in [7, 11) is -3.45. The van der Waals surface area contributed by atoms with Gasteiger partial charge in [-0.3, -0.25) is 0 Å². The van der Waals surface area contributed by atoms with Gasteiger partial charge in [-0.2, -0.15) is 4.31 Å². The molecule has 1 fully saturated rings. The first-order chi connectivity index (χ1) is 12.9. The number of piperidine rings is 1. The van der Waals surface area contributed by atoms with E-state index >= 15 is 0 Å². The van der Waals surface area contributed by atoms with Crippen molar-refractivity contribution in [2.45, 2.75) is 50.1 Å². The quantitative estimate of drug-likeness (QED) is 0.657. The number of hydrogen-bond donors (Lipinski definition) is 1. The average molecular weight is 427 g/mol. The minimum absolute atomic E-state index is 0.105. The van der Waals surface area contributed by atoms with Gasteiger partial charge in [0.05, 0.1) is 4.90 Å². The van der Waals surface area contributed by atoms with Crippen LogP contribution in [0.15, 0.2) is 47.4 Å². The number of sulfonamides is 1. The highest BCUT2D eigenvalue weighted by atomic mass is 35.5. The second-order valence-electron chi connectivity index (χ2n) is 6.79. The van der Waals surface area contributed by atoms with E-state index < -0.39 is 10.0 Å². The maximum atomic E-state index is 13.0. The Morgan fingerprint density at radius 1 is 1.11 bits per heavy atom. The molecular formula is C20H24Cl2N2O2S. The predicted molar refractivity (Wildman–Crippen MR) is 112 cm³/mol. The van der Waals surface area contributed by atoms with E-state index in [1.54, 1.807) is 40.7 Å². The van der Waals surface area contributed by atoms with E-state index in [2.05, 4.69) is 5.32 Å². The molecule has 1 heterocycles. The van der Waals surface area contributed by atoms with Gasteiger partial charge in [0.1, 0.15) is 0 Å². The molecule has 0 aromatic heterocycles. The minimum Gasteiger partial charge on any atom is -0.381 e. The highest BCUT2D eigenvalue weighted by Crippen LogP contribution is 2.28. The molecule has 2 aromatic rings. The maximum absolute atomic E-state index is 13.0. The van der Waals surface area contributed by atoms with E-state index in [-0.39, 0.29) is 6.04 Å². The van der Waals surface area contributed by atoms with Gasteiger partial charge in [-0.15, -0.1) is 0 Å². The zero-order valence-corrected chi connectivity index (χ0v) is 17.6. The number of rotatable bonds is 6. The lowest BCUT2D eigenvalue weighted by Crippen LogP contribution is -2.43. The number of nitrogens with one attached hydrogen (secondary N) is 1. The van der Waals surface area contributed by atoms with E-state index in [4.69, 9.17) is 23.2 Å². The fourth-order valence-electron chi connectivity index (χ4n) is 3.44. The fourth-order valence-corrected chi connectivity index (χ4v) is 5.68. The van der Waals surface area contributed by atoms with Crippen LogP contribution in [0, 0.1) is 0 Å². The van der Waals surface area contributed by atoms with Crippen LogP contribution in [-0.4, -0.2) is 25.3 Å². The Labute approximate surface area is 171 Å². The first-order valence-electron chi connectivity index (χ1n) is 9.21. The highest BCUT2D eigenvalue weighted by molar-refractivity contribution is 7.89. The summed E-state index contributed by atoms with van der Waals surface area (Å²) in [5.74, 6) is 0. The van der Waals surface area contributed by atoms with Crippen molar-refractivity contribution in [3.63, 3.8) is 0 Å². The van der Waals surface area contributed by atoms with Crippen molar-refractivity contribution in [1.82, 2.24) is 4.31 Å². The lowest BCUT2D eigenvalue weighted by atomic mass is 10.0. The van der Waals surface area contributed by atoms with Gasteiger partial charge in [0.2, 0.25) is 10.0 Å². The molecule has 3 rings (SSSR count). The number of nitrogens with zero attached hydrogens (tertiary/aromatic N) is 1. The van der Waals surface area contributed by atoms with Crippen molar-refractivity contribution >= 4 is 38.9 Å². The largest absolute Gasteiger partial charge is 0.381 e. The second kappa shape index (κ2) is 8.82. The van der Waals surface area contributed by atoms with Gasteiger partial charge in [0.15, 0.2) is 0 Å². The van der Waals surface area contributed by atoms with E-state index in [1.165, 1.54) is 0 Å². The molecule has 1 aliphatic heterocycles. The van der Waals surface area contributed by atoms with Crippen molar-refractivity contribution in [3.05, 3.63) is 58.1 Å². The van der Waals surface area contributed by atoms with Gasteiger partial charge in [-0.25, -0.2) is 8.42 Å². The summed E-state index contributed by atoms with van der Waals surface area (Å²) in [5.41, 5.74) is 1.77. The Balaban J connectivity index is 1.70. The Morgan fingerprint density at radius 3 is 2.52 bits per heavy atom. The van der Waals surface area contributed by atoms with Gasteiger partial charge in [-0.1, -0.05) is 42.6 Å². The molecule has 1 N–H and O–H groups in total. The summed E-state index contributed by atoms with van der Waals surface area (Å²) in [6, 6.07) is 12.4. The molecule has 0 bridgehead atoms. The molecule has 0 spiro atoms. The van der Waals surface area contributed by atoms with Crippen LogP contribution in [0.4, 0.5) is 5.69 Å². The molecule has 1 unspecified atom stereocenters. The molecule has 1 saturated heterocycles. The van der Waals surface area contributed by atoms with Crippen LogP contribution >= 0.6 is 23.2 Å². The summed E-state index contributed by atoms with van der Waals surface area (Å²) in [6.07, 6.45) is 3.82. The van der Waals surface area contributed by atoms with Crippen molar-refractivity contribution in [1.29, 1.82) is 0 Å². The number of anilines is 1. The number of halogens is 2. The molecular weight excluding hydrogens is 403 g/mol. The normalized spacial score (nSPS) is 18.4. The molecule has 1 atom stereocenters. The Hall–Kier alpha value is -1.27. The van der Waals surface area contributed by atoms with Crippen molar-refractivity contribution in [2.24, 2.45) is 0 Å². The SMILES string of the molecule is CCC1CCCCN1S(=O)(=O)c1ccc(NCc2ccc(Cl)cc2Cl)cc1. The van der Waals surface area contributed by atoms with Crippen molar-refractivity contribution < 1.29 is 8.42 Å². The molecule has 146 valence electrons. The molecule has 7 heteroatoms. The molecule has 1 aliphatic rings. The molecule has 0 radical (unpaired) electrons. The van der Waals surface area contributed by atoms with E-state index in [9.17, 15) is 8.42 Å². The maximum Gasteiger partial charge on any atom is 0.243 e. The van der Waals surface area contributed by atoms with Gasteiger partial charge in [0, 0.05) is 34.9 Å². The Morgan fingerprint density at radius 2 is 1.85 bits per heavy atom. The van der Waals surface area contributed by atoms with Gasteiger partial charge in [-0.05, 0) is 61.2 Å². The van der Waals surface area contributed by atoms with Crippen LogP contribution in [0.5, 0.6) is 0 Å². The van der Waals surface area contributed by atoms with Crippen molar-refractivity contribution in [2.75, 3.05) is 11.9 Å². The van der Waals surface area contributed by atoms with Crippen LogP contribution in [0.1, 0.15) is 38.2 Å². The van der Waals surface area contributed by atoms with E-state index in [1.807, 2.05) is 13.0 Å². The Kier molecular flexibility index (Phi) is 6.69. The number of benzene rings is 2. The molecule has 0 aliphatic carbocycles. The van der Waals surface area contributed by atoms with Gasteiger partial charge < -0.3 is 5.32 Å². The summed E-state index contributed by atoms with van der Waals surface area (Å²) in [5, 5.41) is 4.46. The van der Waals surface area contributed by atoms with E-state index in [0.29, 0.717) is 28.0 Å². The summed E-state index contributed by atoms with van der Waals surface area (Å²) >= 11 is 12.1. The Bertz CT molecular complexity index is 885. The van der Waals surface area contributed by atoms with Gasteiger partial charge >= 0.3 is 0 Å². The molecule has 0 amide bonds. The molecule has 27 heavy (non-hydrogen) atoms. The predicted octanol–water partition coefficient (Wildman–Crippen LogP) is 5.56. The van der Waals surface area contributed by atoms with Crippen LogP contribution in [0.25, 0.3) is 0 Å². The first-order valence-corrected chi connectivity index (χ1v) is 11.4. The summed E-state index contributed by atoms with van der Waals surface area (Å²) in [4.78, 5) is 0.345. The van der Waals surface area contributed by atoms with Crippen molar-refractivity contribution in [3.8, 4) is 0 Å². The first kappa shape index (κ1) is 20.5. The smallest absolute Gasteiger partial charge is 0.243 e. The molecule has 4 nitrogen and oxygen atoms in total. The third-order valence-electron chi connectivity index (χ3n) is 5.00. The lowest BCUT2D eigenvalue weighted by Gasteiger charge is -2.34. The zero-order valence-electron chi connectivity index (χ0n) is 15.3. The topological polar surface area (TPSA) is 49.4 Å². The van der Waals surface area contributed by atoms with Crippen LogP contribution < -0.4 is 5.32 Å². The summed E-state index contributed by atoms with van der Waals surface area (Å²) in [6.45, 7) is 3.19. The molecule has 0 saturated carbocycles. The lowest BCUT2D eigenvalue weighted by molar-refractivity contribution is 0.246. The minimum atomic E-state index is -3.45. The standard InChI is InChI=1S/C20H24Cl2N2O2S/c1-2-18-5-3-4-12-24(18)27(25,26)19-10-8-17(9-11-19)23-14-15-6-7-16(21)13-20(15)22/h6-11,13,18,23H,2-5,12,14H2,1H3. The third-order valence-corrected chi connectivity index (χ3v) is 7.56. The fraction of sp³-hybridized carbons (Fsp3) is 0.400. The van der Waals surface area contributed by atoms with Crippen LogP contribution in [0.2, 0.25) is 10.0 Å². The second-order valence-corrected chi connectivity index (χ2v) is 9.52. The van der Waals surface area contributed by atoms with Gasteiger partial charge in [0.25, 0.3) is 0 Å². The zero-order chi connectivity index (χ0) is 19.4. The third kappa shape index (κ3) is 4.77. The van der Waals surface area contributed by atoms with E-state index in [0.717, 1.165) is 36.9 Å². The van der Waals surface area contributed by atoms with Crippen LogP contribution in [-0.2, 0) is 16.6 Å². The average Bonchev–Trinajstić information content (AvgIpc) is 2.67. The molecule has 2 aromatic carbocycles. The number of hydrogen-bond acceptors (Lipinski definition) is 3. The highest BCUT2D eigenvalue weighted by Gasteiger charge is 2.32. The monoisotopic (exact) mass is 426 g/mol. The van der Waals surface area contributed by atoms with Crippen LogP contribution in [0.3, 0.4) is 0 Å².